The maximum atomic E-state index is 6.44. The predicted octanol–water partition coefficient (Wildman–Crippen LogP) is 7.02. The molecule has 3 rings (SSSR count). The van der Waals surface area contributed by atoms with Gasteiger partial charge in [-0.05, 0) is 23.1 Å². The van der Waals surface area contributed by atoms with Gasteiger partial charge in [-0.2, -0.15) is 0 Å². The van der Waals surface area contributed by atoms with Gasteiger partial charge in [0.1, 0.15) is 0 Å². The van der Waals surface area contributed by atoms with E-state index in [0.29, 0.717) is 10.0 Å². The molecule has 3 aromatic rings. The minimum absolute atomic E-state index is 0.0666. The Balaban J connectivity index is 2.16. The lowest BCUT2D eigenvalue weighted by Crippen LogP contribution is -2.10. The van der Waals surface area contributed by atoms with Crippen LogP contribution in [0.5, 0.6) is 0 Å². The molecule has 24 heavy (non-hydrogen) atoms. The quantitative estimate of drug-likeness (QED) is 0.481. The zero-order chi connectivity index (χ0) is 17.3. The van der Waals surface area contributed by atoms with Gasteiger partial charge < -0.3 is 0 Å². The molecule has 0 aliphatic heterocycles. The third-order valence-electron chi connectivity index (χ3n) is 3.98. The van der Waals surface area contributed by atoms with Crippen LogP contribution in [0.2, 0.25) is 10.0 Å². The van der Waals surface area contributed by atoms with Crippen LogP contribution in [0.1, 0.15) is 26.3 Å². The van der Waals surface area contributed by atoms with Gasteiger partial charge in [0.15, 0.2) is 0 Å². The molecule has 0 bridgehead atoms. The van der Waals surface area contributed by atoms with Gasteiger partial charge in [0, 0.05) is 11.1 Å². The van der Waals surface area contributed by atoms with Crippen molar-refractivity contribution in [3.8, 4) is 22.5 Å². The molecule has 0 atom stereocenters. The number of halogens is 2. The summed E-state index contributed by atoms with van der Waals surface area (Å²) < 4.78 is 0. The zero-order valence-electron chi connectivity index (χ0n) is 14.0. The summed E-state index contributed by atoms with van der Waals surface area (Å²) in [7, 11) is 0. The van der Waals surface area contributed by atoms with Gasteiger partial charge in [-0.1, -0.05) is 92.5 Å². The smallest absolute Gasteiger partial charge is 0.0896 e. The van der Waals surface area contributed by atoms with Gasteiger partial charge in [0.05, 0.1) is 21.4 Å². The van der Waals surface area contributed by atoms with Crippen molar-refractivity contribution in [1.82, 2.24) is 4.98 Å². The number of benzene rings is 2. The number of aromatic nitrogens is 1. The highest BCUT2D eigenvalue weighted by molar-refractivity contribution is 6.37. The first-order valence-electron chi connectivity index (χ1n) is 7.88. The molecule has 2 aromatic carbocycles. The maximum Gasteiger partial charge on any atom is 0.0896 e. The van der Waals surface area contributed by atoms with Gasteiger partial charge in [-0.3, -0.25) is 0 Å². The van der Waals surface area contributed by atoms with E-state index in [1.807, 2.05) is 42.5 Å². The molecule has 0 saturated heterocycles. The van der Waals surface area contributed by atoms with E-state index in [4.69, 9.17) is 28.2 Å². The number of hydrogen-bond acceptors (Lipinski definition) is 1. The molecule has 122 valence electrons. The van der Waals surface area contributed by atoms with Gasteiger partial charge in [0.25, 0.3) is 0 Å². The zero-order valence-corrected chi connectivity index (χ0v) is 15.5. The Kier molecular flexibility index (Phi) is 4.67. The Labute approximate surface area is 153 Å². The second kappa shape index (κ2) is 6.58. The summed E-state index contributed by atoms with van der Waals surface area (Å²) in [5.41, 5.74) is 4.79. The molecule has 1 nitrogen and oxygen atoms in total. The monoisotopic (exact) mass is 355 g/mol. The van der Waals surface area contributed by atoms with E-state index >= 15 is 0 Å². The first-order chi connectivity index (χ1) is 11.4. The standard InChI is InChI=1S/C21H19Cl2N/c1-21(2,3)16-11-7-10-15(12-16)20-18(23)13-17(22)19(24-20)14-8-5-4-6-9-14/h4-13H,1-3H3. The van der Waals surface area contributed by atoms with Gasteiger partial charge in [-0.25, -0.2) is 4.98 Å². The van der Waals surface area contributed by atoms with Crippen molar-refractivity contribution in [2.45, 2.75) is 26.2 Å². The molecular formula is C21H19Cl2N. The molecule has 0 amide bonds. The van der Waals surface area contributed by atoms with Crippen LogP contribution in [-0.4, -0.2) is 4.98 Å². The summed E-state index contributed by atoms with van der Waals surface area (Å²) in [5, 5.41) is 1.12. The molecule has 0 aliphatic carbocycles. The summed E-state index contributed by atoms with van der Waals surface area (Å²) in [6.45, 7) is 6.58. The second-order valence-electron chi connectivity index (χ2n) is 6.85. The van der Waals surface area contributed by atoms with E-state index in [1.165, 1.54) is 5.56 Å². The Morgan fingerprint density at radius 1 is 0.708 bits per heavy atom. The lowest BCUT2D eigenvalue weighted by atomic mass is 9.86. The molecule has 1 heterocycles. The van der Waals surface area contributed by atoms with Crippen LogP contribution < -0.4 is 0 Å². The van der Waals surface area contributed by atoms with Gasteiger partial charge >= 0.3 is 0 Å². The number of nitrogens with zero attached hydrogens (tertiary/aromatic N) is 1. The van der Waals surface area contributed by atoms with E-state index < -0.39 is 0 Å². The molecule has 0 saturated carbocycles. The van der Waals surface area contributed by atoms with Crippen LogP contribution in [-0.2, 0) is 5.41 Å². The minimum Gasteiger partial charge on any atom is -0.245 e. The fourth-order valence-electron chi connectivity index (χ4n) is 2.60. The van der Waals surface area contributed by atoms with E-state index in [2.05, 4.69) is 32.9 Å². The fraction of sp³-hybridized carbons (Fsp3) is 0.190. The first-order valence-corrected chi connectivity index (χ1v) is 8.64. The summed E-state index contributed by atoms with van der Waals surface area (Å²) in [5.74, 6) is 0. The number of pyridine rings is 1. The van der Waals surface area contributed by atoms with Crippen molar-refractivity contribution >= 4 is 23.2 Å². The number of rotatable bonds is 2. The molecular weight excluding hydrogens is 337 g/mol. The fourth-order valence-corrected chi connectivity index (χ4v) is 3.18. The van der Waals surface area contributed by atoms with Crippen LogP contribution in [0.4, 0.5) is 0 Å². The molecule has 1 aromatic heterocycles. The molecule has 3 heteroatoms. The third kappa shape index (κ3) is 3.48. The SMILES string of the molecule is CC(C)(C)c1cccc(-c2nc(-c3ccccc3)c(Cl)cc2Cl)c1. The topological polar surface area (TPSA) is 12.9 Å². The van der Waals surface area contributed by atoms with Crippen LogP contribution in [0.25, 0.3) is 22.5 Å². The van der Waals surface area contributed by atoms with Crippen molar-refractivity contribution in [2.24, 2.45) is 0 Å². The molecule has 0 radical (unpaired) electrons. The summed E-state index contributed by atoms with van der Waals surface area (Å²) in [4.78, 5) is 4.77. The Hall–Kier alpha value is -1.83. The van der Waals surface area contributed by atoms with E-state index in [0.717, 1.165) is 22.5 Å². The van der Waals surface area contributed by atoms with Crippen LogP contribution in [0.15, 0.2) is 60.7 Å². The van der Waals surface area contributed by atoms with Crippen molar-refractivity contribution in [3.63, 3.8) is 0 Å². The highest BCUT2D eigenvalue weighted by atomic mass is 35.5. The Morgan fingerprint density at radius 3 is 1.92 bits per heavy atom. The molecule has 0 unspecified atom stereocenters. The number of hydrogen-bond donors (Lipinski definition) is 0. The lowest BCUT2D eigenvalue weighted by molar-refractivity contribution is 0.590. The molecule has 0 spiro atoms. The molecule has 0 fully saturated rings. The Morgan fingerprint density at radius 2 is 1.29 bits per heavy atom. The van der Waals surface area contributed by atoms with E-state index in [1.54, 1.807) is 6.07 Å². The highest BCUT2D eigenvalue weighted by Crippen LogP contribution is 2.36. The normalized spacial score (nSPS) is 11.5. The first kappa shape index (κ1) is 17.0. The predicted molar refractivity (Wildman–Crippen MR) is 104 cm³/mol. The maximum absolute atomic E-state index is 6.44. The average molecular weight is 356 g/mol. The van der Waals surface area contributed by atoms with Crippen molar-refractivity contribution < 1.29 is 0 Å². The average Bonchev–Trinajstić information content (AvgIpc) is 2.55. The molecule has 0 N–H and O–H groups in total. The van der Waals surface area contributed by atoms with Crippen LogP contribution in [0, 0.1) is 0 Å². The van der Waals surface area contributed by atoms with Gasteiger partial charge in [0.2, 0.25) is 0 Å². The minimum atomic E-state index is 0.0666. The highest BCUT2D eigenvalue weighted by Gasteiger charge is 2.17. The van der Waals surface area contributed by atoms with E-state index in [9.17, 15) is 0 Å². The summed E-state index contributed by atoms with van der Waals surface area (Å²) >= 11 is 12.8. The summed E-state index contributed by atoms with van der Waals surface area (Å²) in [6.07, 6.45) is 0. The van der Waals surface area contributed by atoms with E-state index in [-0.39, 0.29) is 5.41 Å². The largest absolute Gasteiger partial charge is 0.245 e. The van der Waals surface area contributed by atoms with Crippen LogP contribution >= 0.6 is 23.2 Å². The lowest BCUT2D eigenvalue weighted by Gasteiger charge is -2.20. The van der Waals surface area contributed by atoms with Gasteiger partial charge in [-0.15, -0.1) is 0 Å². The summed E-state index contributed by atoms with van der Waals surface area (Å²) in [6, 6.07) is 20.1. The Bertz CT molecular complexity index is 865. The van der Waals surface area contributed by atoms with Crippen molar-refractivity contribution in [1.29, 1.82) is 0 Å². The second-order valence-corrected chi connectivity index (χ2v) is 7.66. The van der Waals surface area contributed by atoms with Crippen molar-refractivity contribution in [3.05, 3.63) is 76.3 Å². The van der Waals surface area contributed by atoms with Crippen LogP contribution in [0.3, 0.4) is 0 Å². The van der Waals surface area contributed by atoms with Crippen molar-refractivity contribution in [2.75, 3.05) is 0 Å². The third-order valence-corrected chi connectivity index (χ3v) is 4.55. The molecule has 0 aliphatic rings.